The first-order valence-corrected chi connectivity index (χ1v) is 9.27. The summed E-state index contributed by atoms with van der Waals surface area (Å²) in [4.78, 5) is 12.7. The van der Waals surface area contributed by atoms with Gasteiger partial charge in [-0.15, -0.1) is 0 Å². The molecule has 3 rings (SSSR count). The highest BCUT2D eigenvalue weighted by atomic mass is 35.5. The van der Waals surface area contributed by atoms with Crippen molar-refractivity contribution in [3.8, 4) is 5.75 Å². The quantitative estimate of drug-likeness (QED) is 0.817. The van der Waals surface area contributed by atoms with E-state index in [0.29, 0.717) is 17.2 Å². The lowest BCUT2D eigenvalue weighted by Crippen LogP contribution is -2.41. The summed E-state index contributed by atoms with van der Waals surface area (Å²) < 4.78 is 5.92. The minimum Gasteiger partial charge on any atom is -0.481 e. The molecule has 0 saturated heterocycles. The van der Waals surface area contributed by atoms with Crippen molar-refractivity contribution in [1.82, 2.24) is 5.32 Å². The van der Waals surface area contributed by atoms with Crippen LogP contribution >= 0.6 is 11.6 Å². The fraction of sp³-hybridized carbons (Fsp3) is 0.381. The number of rotatable bonds is 5. The minimum absolute atomic E-state index is 0.0585. The molecular formula is C21H24ClNO2. The third-order valence-electron chi connectivity index (χ3n) is 4.76. The zero-order valence-electron chi connectivity index (χ0n) is 14.7. The molecule has 2 atom stereocenters. The van der Waals surface area contributed by atoms with E-state index in [4.69, 9.17) is 16.3 Å². The lowest BCUT2D eigenvalue weighted by Gasteiger charge is -2.28. The largest absolute Gasteiger partial charge is 0.481 e. The molecule has 1 aliphatic carbocycles. The molecule has 4 heteroatoms. The molecule has 3 nitrogen and oxygen atoms in total. The number of fused-ring (bicyclic) bond motifs is 1. The molecule has 0 radical (unpaired) electrons. The van der Waals surface area contributed by atoms with Crippen molar-refractivity contribution in [1.29, 1.82) is 0 Å². The van der Waals surface area contributed by atoms with E-state index in [1.807, 2.05) is 26.0 Å². The molecule has 2 aromatic rings. The standard InChI is InChI=1S/C21H24ClNO2/c1-3-20(25-16-11-12-18(22)14(2)13-16)21(24)23-19-10-6-8-15-7-4-5-9-17(15)19/h4-5,7,9,11-13,19-20H,3,6,8,10H2,1-2H3,(H,23,24). The van der Waals surface area contributed by atoms with Gasteiger partial charge in [0.05, 0.1) is 6.04 Å². The smallest absolute Gasteiger partial charge is 0.261 e. The normalized spacial score (nSPS) is 17.5. The Hall–Kier alpha value is -2.00. The summed E-state index contributed by atoms with van der Waals surface area (Å²) in [5.74, 6) is 0.616. The van der Waals surface area contributed by atoms with Gasteiger partial charge in [-0.2, -0.15) is 0 Å². The van der Waals surface area contributed by atoms with Gasteiger partial charge in [0.25, 0.3) is 5.91 Å². The van der Waals surface area contributed by atoms with Gasteiger partial charge >= 0.3 is 0 Å². The van der Waals surface area contributed by atoms with Crippen LogP contribution in [0.2, 0.25) is 5.02 Å². The van der Waals surface area contributed by atoms with Crippen LogP contribution in [0.25, 0.3) is 0 Å². The van der Waals surface area contributed by atoms with Crippen LogP contribution in [0.1, 0.15) is 48.9 Å². The van der Waals surface area contributed by atoms with Crippen LogP contribution in [-0.4, -0.2) is 12.0 Å². The monoisotopic (exact) mass is 357 g/mol. The first-order chi connectivity index (χ1) is 12.1. The zero-order chi connectivity index (χ0) is 17.8. The molecule has 0 aromatic heterocycles. The first kappa shape index (κ1) is 17.8. The highest BCUT2D eigenvalue weighted by Gasteiger charge is 2.25. The molecule has 0 fully saturated rings. The second kappa shape index (κ2) is 7.92. The van der Waals surface area contributed by atoms with Crippen molar-refractivity contribution in [3.63, 3.8) is 0 Å². The average Bonchev–Trinajstić information content (AvgIpc) is 2.63. The maximum absolute atomic E-state index is 12.7. The van der Waals surface area contributed by atoms with Gasteiger partial charge in [0.15, 0.2) is 6.10 Å². The fourth-order valence-corrected chi connectivity index (χ4v) is 3.46. The summed E-state index contributed by atoms with van der Waals surface area (Å²) >= 11 is 6.06. The van der Waals surface area contributed by atoms with Gasteiger partial charge < -0.3 is 10.1 Å². The second-order valence-corrected chi connectivity index (χ2v) is 6.99. The molecule has 25 heavy (non-hydrogen) atoms. The molecular weight excluding hydrogens is 334 g/mol. The number of amides is 1. The molecule has 0 aliphatic heterocycles. The van der Waals surface area contributed by atoms with Crippen molar-refractivity contribution < 1.29 is 9.53 Å². The number of carbonyl (C=O) groups is 1. The summed E-state index contributed by atoms with van der Waals surface area (Å²) in [5, 5.41) is 3.88. The van der Waals surface area contributed by atoms with Crippen LogP contribution in [-0.2, 0) is 11.2 Å². The molecule has 0 heterocycles. The minimum atomic E-state index is -0.505. The van der Waals surface area contributed by atoms with Crippen molar-refractivity contribution >= 4 is 17.5 Å². The number of nitrogens with one attached hydrogen (secondary N) is 1. The van der Waals surface area contributed by atoms with E-state index in [9.17, 15) is 4.79 Å². The van der Waals surface area contributed by atoms with E-state index in [2.05, 4.69) is 23.5 Å². The Bertz CT molecular complexity index is 759. The Kier molecular flexibility index (Phi) is 5.64. The zero-order valence-corrected chi connectivity index (χ0v) is 15.5. The lowest BCUT2D eigenvalue weighted by atomic mass is 9.87. The predicted octanol–water partition coefficient (Wildman–Crippen LogP) is 5.00. The van der Waals surface area contributed by atoms with Crippen LogP contribution in [0, 0.1) is 6.92 Å². The fourth-order valence-electron chi connectivity index (χ4n) is 3.35. The van der Waals surface area contributed by atoms with E-state index in [-0.39, 0.29) is 11.9 Å². The number of hydrogen-bond acceptors (Lipinski definition) is 2. The van der Waals surface area contributed by atoms with E-state index in [0.717, 1.165) is 24.8 Å². The van der Waals surface area contributed by atoms with Crippen molar-refractivity contribution in [2.45, 2.75) is 51.7 Å². The van der Waals surface area contributed by atoms with Gasteiger partial charge in [0, 0.05) is 5.02 Å². The number of aryl methyl sites for hydroxylation is 2. The molecule has 2 aromatic carbocycles. The first-order valence-electron chi connectivity index (χ1n) is 8.89. The molecule has 0 saturated carbocycles. The summed E-state index contributed by atoms with van der Waals surface area (Å²) in [5.41, 5.74) is 3.51. The van der Waals surface area contributed by atoms with Crippen molar-refractivity contribution in [2.75, 3.05) is 0 Å². The van der Waals surface area contributed by atoms with Gasteiger partial charge in [-0.05, 0) is 67.5 Å². The van der Waals surface area contributed by atoms with Gasteiger partial charge in [-0.3, -0.25) is 4.79 Å². The summed E-state index contributed by atoms with van der Waals surface area (Å²) in [7, 11) is 0. The third-order valence-corrected chi connectivity index (χ3v) is 5.18. The van der Waals surface area contributed by atoms with E-state index >= 15 is 0 Å². The Labute approximate surface area is 154 Å². The SMILES string of the molecule is CCC(Oc1ccc(Cl)c(C)c1)C(=O)NC1CCCc2ccccc21. The van der Waals surface area contributed by atoms with E-state index in [1.165, 1.54) is 11.1 Å². The van der Waals surface area contributed by atoms with Crippen LogP contribution in [0.3, 0.4) is 0 Å². The second-order valence-electron chi connectivity index (χ2n) is 6.58. The lowest BCUT2D eigenvalue weighted by molar-refractivity contribution is -0.129. The van der Waals surface area contributed by atoms with Crippen LogP contribution < -0.4 is 10.1 Å². The molecule has 0 bridgehead atoms. The van der Waals surface area contributed by atoms with Gasteiger partial charge in [-0.25, -0.2) is 0 Å². The van der Waals surface area contributed by atoms with Gasteiger partial charge in [-0.1, -0.05) is 42.8 Å². The highest BCUT2D eigenvalue weighted by Crippen LogP contribution is 2.30. The molecule has 1 amide bonds. The van der Waals surface area contributed by atoms with Crippen molar-refractivity contribution in [2.24, 2.45) is 0 Å². The van der Waals surface area contributed by atoms with E-state index in [1.54, 1.807) is 12.1 Å². The number of carbonyl (C=O) groups excluding carboxylic acids is 1. The third kappa shape index (κ3) is 4.16. The maximum atomic E-state index is 12.7. The summed E-state index contributed by atoms with van der Waals surface area (Å²) in [6.45, 7) is 3.89. The summed E-state index contributed by atoms with van der Waals surface area (Å²) in [6, 6.07) is 13.9. The average molecular weight is 358 g/mol. The maximum Gasteiger partial charge on any atom is 0.261 e. The predicted molar refractivity (Wildman–Crippen MR) is 101 cm³/mol. The van der Waals surface area contributed by atoms with Crippen LogP contribution in [0.4, 0.5) is 0 Å². The molecule has 132 valence electrons. The molecule has 1 aliphatic rings. The van der Waals surface area contributed by atoms with Gasteiger partial charge in [0.2, 0.25) is 0 Å². The Morgan fingerprint density at radius 3 is 2.88 bits per heavy atom. The van der Waals surface area contributed by atoms with Gasteiger partial charge in [0.1, 0.15) is 5.75 Å². The van der Waals surface area contributed by atoms with E-state index < -0.39 is 6.10 Å². The Morgan fingerprint density at radius 2 is 2.12 bits per heavy atom. The number of halogens is 1. The van der Waals surface area contributed by atoms with Crippen LogP contribution in [0.15, 0.2) is 42.5 Å². The van der Waals surface area contributed by atoms with Crippen LogP contribution in [0.5, 0.6) is 5.75 Å². The highest BCUT2D eigenvalue weighted by molar-refractivity contribution is 6.31. The number of hydrogen-bond donors (Lipinski definition) is 1. The molecule has 2 unspecified atom stereocenters. The van der Waals surface area contributed by atoms with Crippen molar-refractivity contribution in [3.05, 3.63) is 64.2 Å². The number of ether oxygens (including phenoxy) is 1. The molecule has 0 spiro atoms. The number of benzene rings is 2. The summed E-state index contributed by atoms with van der Waals surface area (Å²) in [6.07, 6.45) is 3.26. The topological polar surface area (TPSA) is 38.3 Å². The Morgan fingerprint density at radius 1 is 1.32 bits per heavy atom. The Balaban J connectivity index is 1.70. The molecule has 1 N–H and O–H groups in total.